The number of hydrogen-bond acceptors (Lipinski definition) is 5. The Kier molecular flexibility index (Phi) is 7.55. The van der Waals surface area contributed by atoms with Gasteiger partial charge in [-0.1, -0.05) is 65.3 Å². The van der Waals surface area contributed by atoms with E-state index >= 15 is 0 Å². The highest BCUT2D eigenvalue weighted by Crippen LogP contribution is 2.32. The smallest absolute Gasteiger partial charge is 0.246 e. The summed E-state index contributed by atoms with van der Waals surface area (Å²) in [5, 5.41) is 13.2. The average molecular weight is 451 g/mol. The third-order valence-corrected chi connectivity index (χ3v) is 5.61. The molecule has 0 aliphatic rings. The average Bonchev–Trinajstić information content (AvgIpc) is 3.13. The Morgan fingerprint density at radius 2 is 1.97 bits per heavy atom. The van der Waals surface area contributed by atoms with Gasteiger partial charge < -0.3 is 10.1 Å². The lowest BCUT2D eigenvalue weighted by molar-refractivity contribution is -0.125. The van der Waals surface area contributed by atoms with Crippen molar-refractivity contribution in [2.75, 3.05) is 13.7 Å². The predicted molar refractivity (Wildman–Crippen MR) is 116 cm³/mol. The minimum absolute atomic E-state index is 0.0357. The highest BCUT2D eigenvalue weighted by atomic mass is 35.5. The van der Waals surface area contributed by atoms with Gasteiger partial charge in [0.15, 0.2) is 11.0 Å². The fraction of sp³-hybridized carbons (Fsp3) is 0.250. The first-order valence-electron chi connectivity index (χ1n) is 8.85. The molecule has 0 saturated carbocycles. The Bertz CT molecular complexity index is 982. The van der Waals surface area contributed by atoms with Crippen molar-refractivity contribution in [3.8, 4) is 5.69 Å². The van der Waals surface area contributed by atoms with Crippen molar-refractivity contribution in [2.45, 2.75) is 23.9 Å². The largest absolute Gasteiger partial charge is 0.375 e. The minimum Gasteiger partial charge on any atom is -0.375 e. The Hall–Kier alpha value is -2.06. The molecule has 0 radical (unpaired) electrons. The lowest BCUT2D eigenvalue weighted by Crippen LogP contribution is -2.31. The molecule has 1 aromatic heterocycles. The number of halogens is 2. The number of nitrogens with one attached hydrogen (secondary N) is 1. The number of rotatable bonds is 8. The van der Waals surface area contributed by atoms with Crippen LogP contribution < -0.4 is 5.32 Å². The van der Waals surface area contributed by atoms with E-state index in [1.54, 1.807) is 18.2 Å². The quantitative estimate of drug-likeness (QED) is 0.504. The highest BCUT2D eigenvalue weighted by molar-refractivity contribution is 7.98. The van der Waals surface area contributed by atoms with Crippen LogP contribution in [-0.4, -0.2) is 34.4 Å². The summed E-state index contributed by atoms with van der Waals surface area (Å²) < 4.78 is 6.72. The van der Waals surface area contributed by atoms with Crippen LogP contribution in [0.15, 0.2) is 53.7 Å². The molecule has 0 saturated heterocycles. The maximum Gasteiger partial charge on any atom is 0.246 e. The summed E-state index contributed by atoms with van der Waals surface area (Å²) in [5.74, 6) is 1.01. The zero-order valence-corrected chi connectivity index (χ0v) is 18.3. The first-order chi connectivity index (χ1) is 14.0. The molecule has 0 fully saturated rings. The second-order valence-corrected chi connectivity index (χ2v) is 8.05. The van der Waals surface area contributed by atoms with Gasteiger partial charge in [-0.25, -0.2) is 0 Å². The summed E-state index contributed by atoms with van der Waals surface area (Å²) in [5.41, 5.74) is 1.81. The van der Waals surface area contributed by atoms with Crippen molar-refractivity contribution >= 4 is 40.9 Å². The van der Waals surface area contributed by atoms with Gasteiger partial charge in [-0.15, -0.1) is 10.2 Å². The Morgan fingerprint density at radius 3 is 2.69 bits per heavy atom. The molecular formula is C20H20Cl2N4O2S. The fourth-order valence-corrected chi connectivity index (χ4v) is 4.02. The summed E-state index contributed by atoms with van der Waals surface area (Å²) in [6, 6.07) is 14.9. The van der Waals surface area contributed by atoms with Crippen molar-refractivity contribution in [3.05, 3.63) is 70.0 Å². The molecule has 2 aromatic carbocycles. The molecule has 0 aliphatic carbocycles. The third kappa shape index (κ3) is 5.51. The van der Waals surface area contributed by atoms with Gasteiger partial charge in [0.2, 0.25) is 5.91 Å². The number of ether oxygens (including phenoxy) is 1. The van der Waals surface area contributed by atoms with E-state index in [-0.39, 0.29) is 12.5 Å². The third-order valence-electron chi connectivity index (χ3n) is 4.06. The molecule has 1 unspecified atom stereocenters. The molecule has 0 spiro atoms. The molecule has 0 bridgehead atoms. The summed E-state index contributed by atoms with van der Waals surface area (Å²) in [7, 11) is 1.47. The van der Waals surface area contributed by atoms with E-state index in [1.807, 2.05) is 29.7 Å². The van der Waals surface area contributed by atoms with Crippen LogP contribution in [0, 0.1) is 0 Å². The van der Waals surface area contributed by atoms with Gasteiger partial charge >= 0.3 is 0 Å². The van der Waals surface area contributed by atoms with Gasteiger partial charge in [-0.3, -0.25) is 9.36 Å². The second kappa shape index (κ2) is 10.1. The van der Waals surface area contributed by atoms with Crippen molar-refractivity contribution in [3.63, 3.8) is 0 Å². The number of hydrogen-bond donors (Lipinski definition) is 1. The van der Waals surface area contributed by atoms with E-state index in [0.717, 1.165) is 5.56 Å². The highest BCUT2D eigenvalue weighted by Gasteiger charge is 2.22. The molecule has 6 nitrogen and oxygen atoms in total. The number of aromatic nitrogens is 3. The van der Waals surface area contributed by atoms with Crippen molar-refractivity contribution in [1.82, 2.24) is 20.1 Å². The van der Waals surface area contributed by atoms with Crippen molar-refractivity contribution in [1.29, 1.82) is 0 Å². The number of carbonyl (C=O) groups excluding carboxylic acids is 1. The molecule has 3 rings (SSSR count). The number of methoxy groups -OCH3 is 1. The number of nitrogens with zero attached hydrogens (tertiary/aromatic N) is 3. The molecule has 0 aliphatic heterocycles. The number of benzene rings is 2. The van der Waals surface area contributed by atoms with E-state index in [4.69, 9.17) is 27.9 Å². The van der Waals surface area contributed by atoms with Crippen LogP contribution in [0.3, 0.4) is 0 Å². The van der Waals surface area contributed by atoms with Gasteiger partial charge in [-0.2, -0.15) is 0 Å². The molecule has 9 heteroatoms. The van der Waals surface area contributed by atoms with Gasteiger partial charge in [0, 0.05) is 17.9 Å². The first-order valence-corrected chi connectivity index (χ1v) is 10.6. The first kappa shape index (κ1) is 21.6. The van der Waals surface area contributed by atoms with E-state index in [1.165, 1.54) is 18.9 Å². The maximum atomic E-state index is 12.0. The molecular weight excluding hydrogens is 431 g/mol. The molecule has 1 amide bonds. The standard InChI is InChI=1S/C20H20Cl2N4O2S/c1-13(23-18(27)11-28-2)19-24-25-20(29-12-14-6-4-3-5-7-14)26(19)17-10-15(21)8-9-16(17)22/h3-10,13H,11-12H2,1-2H3,(H,23,27). The van der Waals surface area contributed by atoms with E-state index in [0.29, 0.717) is 32.5 Å². The van der Waals surface area contributed by atoms with E-state index in [2.05, 4.69) is 27.6 Å². The number of thioether (sulfide) groups is 1. The fourth-order valence-electron chi connectivity index (χ4n) is 2.74. The molecule has 3 aromatic rings. The maximum absolute atomic E-state index is 12.0. The monoisotopic (exact) mass is 450 g/mol. The molecule has 152 valence electrons. The number of carbonyl (C=O) groups is 1. The van der Waals surface area contributed by atoms with Crippen molar-refractivity contribution < 1.29 is 9.53 Å². The molecule has 1 atom stereocenters. The van der Waals surface area contributed by atoms with Crippen LogP contribution in [-0.2, 0) is 15.3 Å². The normalized spacial score (nSPS) is 12.0. The van der Waals surface area contributed by atoms with Gasteiger partial charge in [-0.05, 0) is 30.7 Å². The van der Waals surface area contributed by atoms with Gasteiger partial charge in [0.25, 0.3) is 0 Å². The lowest BCUT2D eigenvalue weighted by Gasteiger charge is -2.17. The van der Waals surface area contributed by atoms with Crippen LogP contribution in [0.25, 0.3) is 5.69 Å². The summed E-state index contributed by atoms with van der Waals surface area (Å²) in [6.07, 6.45) is 0. The summed E-state index contributed by atoms with van der Waals surface area (Å²) in [6.45, 7) is 1.80. The van der Waals surface area contributed by atoms with Crippen LogP contribution in [0.1, 0.15) is 24.4 Å². The zero-order valence-electron chi connectivity index (χ0n) is 15.9. The SMILES string of the molecule is COCC(=O)NC(C)c1nnc(SCc2ccccc2)n1-c1cc(Cl)ccc1Cl. The zero-order chi connectivity index (χ0) is 20.8. The van der Waals surface area contributed by atoms with E-state index < -0.39 is 6.04 Å². The van der Waals surface area contributed by atoms with Crippen LogP contribution in [0.4, 0.5) is 0 Å². The second-order valence-electron chi connectivity index (χ2n) is 6.27. The van der Waals surface area contributed by atoms with Crippen LogP contribution in [0.5, 0.6) is 0 Å². The van der Waals surface area contributed by atoms with Crippen LogP contribution in [0.2, 0.25) is 10.0 Å². The lowest BCUT2D eigenvalue weighted by atomic mass is 10.2. The Morgan fingerprint density at radius 1 is 1.21 bits per heavy atom. The minimum atomic E-state index is -0.411. The van der Waals surface area contributed by atoms with E-state index in [9.17, 15) is 4.79 Å². The number of amides is 1. The topological polar surface area (TPSA) is 69.0 Å². The Labute approximate surface area is 183 Å². The van der Waals surface area contributed by atoms with Crippen molar-refractivity contribution in [2.24, 2.45) is 0 Å². The summed E-state index contributed by atoms with van der Waals surface area (Å²) in [4.78, 5) is 12.0. The Balaban J connectivity index is 1.97. The van der Waals surface area contributed by atoms with Gasteiger partial charge in [0.05, 0.1) is 16.8 Å². The predicted octanol–water partition coefficient (Wildman–Crippen LogP) is 4.69. The molecule has 1 heterocycles. The van der Waals surface area contributed by atoms with Crippen LogP contribution >= 0.6 is 35.0 Å². The molecule has 1 N–H and O–H groups in total. The summed E-state index contributed by atoms with van der Waals surface area (Å²) >= 11 is 14.2. The molecule has 29 heavy (non-hydrogen) atoms. The van der Waals surface area contributed by atoms with Gasteiger partial charge in [0.1, 0.15) is 6.61 Å².